The van der Waals surface area contributed by atoms with E-state index in [9.17, 15) is 9.59 Å². The molecule has 0 spiro atoms. The second kappa shape index (κ2) is 8.32. The van der Waals surface area contributed by atoms with Crippen molar-refractivity contribution in [1.29, 1.82) is 0 Å². The topological polar surface area (TPSA) is 70.6 Å². The first-order valence-corrected chi connectivity index (χ1v) is 7.82. The summed E-state index contributed by atoms with van der Waals surface area (Å²) in [4.78, 5) is 23.5. The molecule has 1 saturated carbocycles. The highest BCUT2D eigenvalue weighted by atomic mass is 16.2. The van der Waals surface area contributed by atoms with Crippen LogP contribution in [0.25, 0.3) is 0 Å². The third-order valence-corrected chi connectivity index (χ3v) is 3.72. The largest absolute Gasteiger partial charge is 0.326 e. The Balaban J connectivity index is 1.69. The van der Waals surface area contributed by atoms with Gasteiger partial charge in [-0.05, 0) is 43.7 Å². The van der Waals surface area contributed by atoms with Crippen molar-refractivity contribution >= 4 is 23.2 Å². The van der Waals surface area contributed by atoms with Crippen LogP contribution in [0.1, 0.15) is 45.4 Å². The van der Waals surface area contributed by atoms with E-state index in [-0.39, 0.29) is 24.7 Å². The quantitative estimate of drug-likeness (QED) is 0.820. The normalized spacial score (nSPS) is 19.7. The zero-order chi connectivity index (χ0) is 15.8. The van der Waals surface area contributed by atoms with Crippen molar-refractivity contribution in [3.8, 4) is 0 Å². The van der Waals surface area contributed by atoms with Crippen LogP contribution in [0.15, 0.2) is 35.4 Å². The van der Waals surface area contributed by atoms with E-state index in [0.29, 0.717) is 5.92 Å². The summed E-state index contributed by atoms with van der Waals surface area (Å²) in [6, 6.07) is 9.21. The van der Waals surface area contributed by atoms with E-state index in [2.05, 4.69) is 22.8 Å². The molecule has 1 fully saturated rings. The van der Waals surface area contributed by atoms with Gasteiger partial charge in [0, 0.05) is 24.2 Å². The third kappa shape index (κ3) is 5.68. The lowest BCUT2D eigenvalue weighted by Gasteiger charge is -2.18. The molecule has 22 heavy (non-hydrogen) atoms. The van der Waals surface area contributed by atoms with Crippen LogP contribution >= 0.6 is 0 Å². The lowest BCUT2D eigenvalue weighted by Crippen LogP contribution is -2.23. The van der Waals surface area contributed by atoms with Gasteiger partial charge in [0.25, 0.3) is 0 Å². The molecular weight excluding hydrogens is 278 g/mol. The number of rotatable bonds is 5. The number of carbonyl (C=O) groups excluding carboxylic acids is 2. The number of hydrogen-bond donors (Lipinski definition) is 2. The molecule has 0 aliphatic heterocycles. The zero-order valence-electron chi connectivity index (χ0n) is 13.0. The molecule has 1 unspecified atom stereocenters. The summed E-state index contributed by atoms with van der Waals surface area (Å²) < 4.78 is 0. The number of nitrogens with zero attached hydrogens (tertiary/aromatic N) is 1. The minimum atomic E-state index is -0.214. The van der Waals surface area contributed by atoms with Crippen molar-refractivity contribution in [2.45, 2.75) is 45.4 Å². The summed E-state index contributed by atoms with van der Waals surface area (Å²) in [6.07, 6.45) is 4.57. The number of anilines is 1. The molecule has 2 rings (SSSR count). The van der Waals surface area contributed by atoms with E-state index in [1.807, 2.05) is 30.3 Å². The fraction of sp³-hybridized carbons (Fsp3) is 0.471. The summed E-state index contributed by atoms with van der Waals surface area (Å²) in [5.41, 5.74) is 4.36. The standard InChI is InChI=1S/C17H23N3O2/c1-13-6-5-9-15(12-13)19-20-17(22)11-10-16(21)18-14-7-3-2-4-8-14/h2-4,7-8,13H,5-6,9-12H2,1H3,(H,18,21)(H,20,22). The monoisotopic (exact) mass is 301 g/mol. The average molecular weight is 301 g/mol. The molecule has 2 amide bonds. The van der Waals surface area contributed by atoms with E-state index >= 15 is 0 Å². The Kier molecular flexibility index (Phi) is 6.13. The number of carbonyl (C=O) groups is 2. The third-order valence-electron chi connectivity index (χ3n) is 3.72. The highest BCUT2D eigenvalue weighted by molar-refractivity contribution is 5.93. The number of para-hydroxylation sites is 1. The predicted octanol–water partition coefficient (Wildman–Crippen LogP) is 3.09. The van der Waals surface area contributed by atoms with Gasteiger partial charge in [0.15, 0.2) is 0 Å². The Morgan fingerprint density at radius 2 is 1.91 bits per heavy atom. The van der Waals surface area contributed by atoms with Gasteiger partial charge in [-0.3, -0.25) is 9.59 Å². The van der Waals surface area contributed by atoms with Gasteiger partial charge in [-0.25, -0.2) is 5.43 Å². The first-order chi connectivity index (χ1) is 10.6. The first kappa shape index (κ1) is 16.2. The van der Waals surface area contributed by atoms with Crippen molar-refractivity contribution in [2.24, 2.45) is 11.0 Å². The second-order valence-corrected chi connectivity index (χ2v) is 5.83. The van der Waals surface area contributed by atoms with Gasteiger partial charge >= 0.3 is 0 Å². The smallest absolute Gasteiger partial charge is 0.240 e. The van der Waals surface area contributed by atoms with Gasteiger partial charge in [-0.2, -0.15) is 5.10 Å². The van der Waals surface area contributed by atoms with E-state index in [1.165, 1.54) is 6.42 Å². The molecule has 0 bridgehead atoms. The van der Waals surface area contributed by atoms with Gasteiger partial charge < -0.3 is 5.32 Å². The minimum absolute atomic E-state index is 0.144. The van der Waals surface area contributed by atoms with E-state index < -0.39 is 0 Å². The van der Waals surface area contributed by atoms with Crippen LogP contribution in [0, 0.1) is 5.92 Å². The molecule has 1 atom stereocenters. The molecule has 1 aromatic carbocycles. The van der Waals surface area contributed by atoms with Crippen molar-refractivity contribution in [3.63, 3.8) is 0 Å². The minimum Gasteiger partial charge on any atom is -0.326 e. The highest BCUT2D eigenvalue weighted by Gasteiger charge is 2.14. The second-order valence-electron chi connectivity index (χ2n) is 5.83. The molecule has 1 aliphatic carbocycles. The van der Waals surface area contributed by atoms with Gasteiger partial charge in [-0.15, -0.1) is 0 Å². The molecule has 1 aromatic rings. The van der Waals surface area contributed by atoms with E-state index in [4.69, 9.17) is 0 Å². The summed E-state index contributed by atoms with van der Waals surface area (Å²) >= 11 is 0. The maximum Gasteiger partial charge on any atom is 0.240 e. The van der Waals surface area contributed by atoms with Crippen LogP contribution in [0.5, 0.6) is 0 Å². The SMILES string of the molecule is CC1CCCC(=NNC(=O)CCC(=O)Nc2ccccc2)C1. The Morgan fingerprint density at radius 3 is 2.64 bits per heavy atom. The lowest BCUT2D eigenvalue weighted by molar-refractivity contribution is -0.124. The molecule has 5 nitrogen and oxygen atoms in total. The lowest BCUT2D eigenvalue weighted by atomic mass is 9.89. The Labute approximate surface area is 131 Å². The van der Waals surface area contributed by atoms with Gasteiger partial charge in [0.1, 0.15) is 0 Å². The van der Waals surface area contributed by atoms with Crippen molar-refractivity contribution in [1.82, 2.24) is 5.43 Å². The zero-order valence-corrected chi connectivity index (χ0v) is 13.0. The van der Waals surface area contributed by atoms with Gasteiger partial charge in [-0.1, -0.05) is 25.1 Å². The van der Waals surface area contributed by atoms with Crippen molar-refractivity contribution < 1.29 is 9.59 Å². The van der Waals surface area contributed by atoms with Crippen LogP contribution in [0.2, 0.25) is 0 Å². The van der Waals surface area contributed by atoms with E-state index in [0.717, 1.165) is 30.7 Å². The van der Waals surface area contributed by atoms with Crippen LogP contribution < -0.4 is 10.7 Å². The Morgan fingerprint density at radius 1 is 1.18 bits per heavy atom. The molecule has 1 aliphatic rings. The van der Waals surface area contributed by atoms with Crippen molar-refractivity contribution in [3.05, 3.63) is 30.3 Å². The molecular formula is C17H23N3O2. The molecule has 0 radical (unpaired) electrons. The van der Waals surface area contributed by atoms with Crippen molar-refractivity contribution in [2.75, 3.05) is 5.32 Å². The highest BCUT2D eigenvalue weighted by Crippen LogP contribution is 2.20. The van der Waals surface area contributed by atoms with Crippen LogP contribution in [-0.2, 0) is 9.59 Å². The Hall–Kier alpha value is -2.17. The number of benzene rings is 1. The molecule has 0 aromatic heterocycles. The van der Waals surface area contributed by atoms with Crippen LogP contribution in [0.3, 0.4) is 0 Å². The van der Waals surface area contributed by atoms with Crippen LogP contribution in [0.4, 0.5) is 5.69 Å². The summed E-state index contributed by atoms with van der Waals surface area (Å²) in [5, 5.41) is 6.93. The summed E-state index contributed by atoms with van der Waals surface area (Å²) in [7, 11) is 0. The number of hydrazone groups is 1. The average Bonchev–Trinajstić information content (AvgIpc) is 2.52. The maximum absolute atomic E-state index is 11.7. The summed E-state index contributed by atoms with van der Waals surface area (Å²) in [5.74, 6) is 0.260. The fourth-order valence-corrected chi connectivity index (χ4v) is 2.53. The van der Waals surface area contributed by atoms with Gasteiger partial charge in [0.05, 0.1) is 0 Å². The van der Waals surface area contributed by atoms with Gasteiger partial charge in [0.2, 0.25) is 11.8 Å². The maximum atomic E-state index is 11.7. The molecule has 0 heterocycles. The predicted molar refractivity (Wildman–Crippen MR) is 87.5 cm³/mol. The molecule has 0 saturated heterocycles. The fourth-order valence-electron chi connectivity index (χ4n) is 2.53. The first-order valence-electron chi connectivity index (χ1n) is 7.82. The number of hydrogen-bond acceptors (Lipinski definition) is 3. The summed E-state index contributed by atoms with van der Waals surface area (Å²) in [6.45, 7) is 2.20. The van der Waals surface area contributed by atoms with Crippen LogP contribution in [-0.4, -0.2) is 17.5 Å². The molecule has 5 heteroatoms. The Bertz CT molecular complexity index is 540. The number of amides is 2. The molecule has 118 valence electrons. The molecule has 2 N–H and O–H groups in total. The number of nitrogens with one attached hydrogen (secondary N) is 2. The van der Waals surface area contributed by atoms with E-state index in [1.54, 1.807) is 0 Å².